The van der Waals surface area contributed by atoms with Gasteiger partial charge in [-0.15, -0.1) is 0 Å². The van der Waals surface area contributed by atoms with Crippen molar-refractivity contribution in [3.8, 4) is 0 Å². The number of ether oxygens (including phenoxy) is 1. The first-order valence-corrected chi connectivity index (χ1v) is 5.11. The molecule has 3 nitrogen and oxygen atoms in total. The molecule has 1 saturated carbocycles. The normalized spacial score (nSPS) is 37.5. The monoisotopic (exact) mass is 183 g/mol. The van der Waals surface area contributed by atoms with E-state index < -0.39 is 0 Å². The Labute approximate surface area is 78.8 Å². The van der Waals surface area contributed by atoms with E-state index in [4.69, 9.17) is 4.74 Å². The lowest BCUT2D eigenvalue weighted by molar-refractivity contribution is -0.143. The second-order valence-electron chi connectivity index (χ2n) is 4.13. The van der Waals surface area contributed by atoms with Gasteiger partial charge >= 0.3 is 5.97 Å². The molecule has 0 aromatic rings. The molecule has 0 amide bonds. The van der Waals surface area contributed by atoms with Crippen LogP contribution in [0, 0.1) is 11.8 Å². The third kappa shape index (κ3) is 1.70. The van der Waals surface area contributed by atoms with E-state index in [-0.39, 0.29) is 5.97 Å². The van der Waals surface area contributed by atoms with Crippen LogP contribution in [0.15, 0.2) is 0 Å². The van der Waals surface area contributed by atoms with Crippen LogP contribution >= 0.6 is 0 Å². The number of hydrogen-bond acceptors (Lipinski definition) is 3. The molecule has 2 rings (SSSR count). The van der Waals surface area contributed by atoms with E-state index in [1.54, 1.807) is 0 Å². The minimum Gasteiger partial charge on any atom is -0.469 e. The van der Waals surface area contributed by atoms with Gasteiger partial charge in [0.15, 0.2) is 0 Å². The maximum Gasteiger partial charge on any atom is 0.305 e. The summed E-state index contributed by atoms with van der Waals surface area (Å²) in [6.07, 6.45) is 4.34. The van der Waals surface area contributed by atoms with Crippen LogP contribution in [0.25, 0.3) is 0 Å². The van der Waals surface area contributed by atoms with Crippen molar-refractivity contribution in [3.63, 3.8) is 0 Å². The Balaban J connectivity index is 1.87. The molecule has 1 aliphatic carbocycles. The minimum absolute atomic E-state index is 0.0439. The molecule has 2 aliphatic rings. The van der Waals surface area contributed by atoms with Crippen molar-refractivity contribution in [1.29, 1.82) is 0 Å². The minimum atomic E-state index is -0.0439. The topological polar surface area (TPSA) is 38.3 Å². The van der Waals surface area contributed by atoms with Crippen LogP contribution in [0.5, 0.6) is 0 Å². The van der Waals surface area contributed by atoms with Crippen LogP contribution in [-0.4, -0.2) is 25.7 Å². The van der Waals surface area contributed by atoms with Crippen LogP contribution in [0.2, 0.25) is 0 Å². The Bertz CT molecular complexity index is 205. The van der Waals surface area contributed by atoms with Crippen LogP contribution in [-0.2, 0) is 9.53 Å². The lowest BCUT2D eigenvalue weighted by atomic mass is 9.67. The summed E-state index contributed by atoms with van der Waals surface area (Å²) in [6.45, 7) is 1.07. The molecule has 3 atom stereocenters. The molecule has 13 heavy (non-hydrogen) atoms. The number of esters is 1. The summed E-state index contributed by atoms with van der Waals surface area (Å²) in [7, 11) is 1.47. The predicted octanol–water partition coefficient (Wildman–Crippen LogP) is 0.938. The number of fused-ring (bicyclic) bond motifs is 1. The lowest BCUT2D eigenvalue weighted by Crippen LogP contribution is -2.52. The SMILES string of the molecule is COC(=O)CC1CCNC2CCC12. The molecular formula is C10H17NO2. The first kappa shape index (κ1) is 9.00. The Morgan fingerprint density at radius 2 is 2.31 bits per heavy atom. The summed E-state index contributed by atoms with van der Waals surface area (Å²) in [4.78, 5) is 11.1. The molecule has 1 saturated heterocycles. The maximum absolute atomic E-state index is 11.1. The molecule has 2 fully saturated rings. The van der Waals surface area contributed by atoms with E-state index in [9.17, 15) is 4.79 Å². The van der Waals surface area contributed by atoms with Gasteiger partial charge in [-0.3, -0.25) is 4.79 Å². The highest BCUT2D eigenvalue weighted by molar-refractivity contribution is 5.69. The van der Waals surface area contributed by atoms with Gasteiger partial charge in [-0.25, -0.2) is 0 Å². The second-order valence-corrected chi connectivity index (χ2v) is 4.13. The Kier molecular flexibility index (Phi) is 2.54. The van der Waals surface area contributed by atoms with Gasteiger partial charge in [-0.05, 0) is 37.6 Å². The second kappa shape index (κ2) is 3.66. The zero-order chi connectivity index (χ0) is 9.26. The van der Waals surface area contributed by atoms with Gasteiger partial charge in [-0.1, -0.05) is 0 Å². The molecule has 0 aromatic carbocycles. The number of nitrogens with one attached hydrogen (secondary N) is 1. The fourth-order valence-electron chi connectivity index (χ4n) is 2.56. The lowest BCUT2D eigenvalue weighted by Gasteiger charge is -2.46. The summed E-state index contributed by atoms with van der Waals surface area (Å²) >= 11 is 0. The fourth-order valence-corrected chi connectivity index (χ4v) is 2.56. The third-order valence-corrected chi connectivity index (χ3v) is 3.51. The highest BCUT2D eigenvalue weighted by Crippen LogP contribution is 2.39. The molecule has 1 aliphatic heterocycles. The number of piperidine rings is 1. The summed E-state index contributed by atoms with van der Waals surface area (Å²) in [6, 6.07) is 0.698. The van der Waals surface area contributed by atoms with Gasteiger partial charge in [0.1, 0.15) is 0 Å². The van der Waals surface area contributed by atoms with Gasteiger partial charge in [0.25, 0.3) is 0 Å². The third-order valence-electron chi connectivity index (χ3n) is 3.51. The number of carbonyl (C=O) groups is 1. The smallest absolute Gasteiger partial charge is 0.305 e. The molecular weight excluding hydrogens is 166 g/mol. The molecule has 0 bridgehead atoms. The van der Waals surface area contributed by atoms with Crippen LogP contribution < -0.4 is 5.32 Å². The Hall–Kier alpha value is -0.570. The van der Waals surface area contributed by atoms with Crippen molar-refractivity contribution in [2.45, 2.75) is 31.7 Å². The highest BCUT2D eigenvalue weighted by Gasteiger charge is 2.40. The zero-order valence-electron chi connectivity index (χ0n) is 8.08. The van der Waals surface area contributed by atoms with Gasteiger partial charge in [0, 0.05) is 12.5 Å². The van der Waals surface area contributed by atoms with E-state index in [2.05, 4.69) is 5.32 Å². The molecule has 74 valence electrons. The molecule has 0 aromatic heterocycles. The van der Waals surface area contributed by atoms with E-state index in [0.717, 1.165) is 18.9 Å². The summed E-state index contributed by atoms with van der Waals surface area (Å²) in [5.74, 6) is 1.28. The Morgan fingerprint density at radius 3 is 2.92 bits per heavy atom. The van der Waals surface area contributed by atoms with E-state index in [1.165, 1.54) is 20.0 Å². The molecule has 0 radical (unpaired) electrons. The van der Waals surface area contributed by atoms with Crippen molar-refractivity contribution < 1.29 is 9.53 Å². The molecule has 3 heteroatoms. The van der Waals surface area contributed by atoms with Gasteiger partial charge < -0.3 is 10.1 Å². The quantitative estimate of drug-likeness (QED) is 0.647. The highest BCUT2D eigenvalue weighted by atomic mass is 16.5. The summed E-state index contributed by atoms with van der Waals surface area (Å²) < 4.78 is 4.70. The van der Waals surface area contributed by atoms with Crippen molar-refractivity contribution in [2.75, 3.05) is 13.7 Å². The van der Waals surface area contributed by atoms with Crippen molar-refractivity contribution in [3.05, 3.63) is 0 Å². The zero-order valence-corrected chi connectivity index (χ0v) is 8.08. The number of carbonyl (C=O) groups excluding carboxylic acids is 1. The predicted molar refractivity (Wildman–Crippen MR) is 49.3 cm³/mol. The maximum atomic E-state index is 11.1. The fraction of sp³-hybridized carbons (Fsp3) is 0.900. The van der Waals surface area contributed by atoms with Crippen molar-refractivity contribution in [2.24, 2.45) is 11.8 Å². The van der Waals surface area contributed by atoms with E-state index >= 15 is 0 Å². The van der Waals surface area contributed by atoms with Crippen LogP contribution in [0.1, 0.15) is 25.7 Å². The van der Waals surface area contributed by atoms with E-state index in [1.807, 2.05) is 0 Å². The molecule has 0 spiro atoms. The first-order valence-electron chi connectivity index (χ1n) is 5.11. The average Bonchev–Trinajstić information content (AvgIpc) is 2.08. The van der Waals surface area contributed by atoms with E-state index in [0.29, 0.717) is 18.4 Å². The van der Waals surface area contributed by atoms with Crippen LogP contribution in [0.3, 0.4) is 0 Å². The standard InChI is InChI=1S/C10H17NO2/c1-13-10(12)6-7-4-5-11-9-3-2-8(7)9/h7-9,11H,2-6H2,1H3. The van der Waals surface area contributed by atoms with Gasteiger partial charge in [-0.2, -0.15) is 0 Å². The largest absolute Gasteiger partial charge is 0.469 e. The van der Waals surface area contributed by atoms with Crippen LogP contribution in [0.4, 0.5) is 0 Å². The summed E-state index contributed by atoms with van der Waals surface area (Å²) in [5.41, 5.74) is 0. The molecule has 1 N–H and O–H groups in total. The molecule has 1 heterocycles. The summed E-state index contributed by atoms with van der Waals surface area (Å²) in [5, 5.41) is 3.49. The molecule has 3 unspecified atom stereocenters. The number of methoxy groups -OCH3 is 1. The van der Waals surface area contributed by atoms with Crippen molar-refractivity contribution >= 4 is 5.97 Å². The average molecular weight is 183 g/mol. The first-order chi connectivity index (χ1) is 6.31. The van der Waals surface area contributed by atoms with Gasteiger partial charge in [0.2, 0.25) is 0 Å². The van der Waals surface area contributed by atoms with Crippen molar-refractivity contribution in [1.82, 2.24) is 5.32 Å². The number of rotatable bonds is 2. The van der Waals surface area contributed by atoms with Gasteiger partial charge in [0.05, 0.1) is 7.11 Å². The number of hydrogen-bond donors (Lipinski definition) is 1. The Morgan fingerprint density at radius 1 is 1.46 bits per heavy atom.